The number of fused-ring (bicyclic) bond motifs is 1. The zero-order valence-electron chi connectivity index (χ0n) is 14.6. The van der Waals surface area contributed by atoms with Gasteiger partial charge in [-0.15, -0.1) is 0 Å². The molecule has 1 aliphatic heterocycles. The molecule has 1 atom stereocenters. The molecule has 2 aromatic carbocycles. The lowest BCUT2D eigenvalue weighted by Crippen LogP contribution is -2.29. The Morgan fingerprint density at radius 1 is 1.25 bits per heavy atom. The van der Waals surface area contributed by atoms with Crippen molar-refractivity contribution < 1.29 is 18.7 Å². The first-order valence-electron chi connectivity index (χ1n) is 8.56. The van der Waals surface area contributed by atoms with Gasteiger partial charge in [0.2, 0.25) is 11.9 Å². The third kappa shape index (κ3) is 3.68. The van der Waals surface area contributed by atoms with Gasteiger partial charge >= 0.3 is 0 Å². The molecule has 2 amide bonds. The summed E-state index contributed by atoms with van der Waals surface area (Å²) in [6.45, 7) is -0.239. The van der Waals surface area contributed by atoms with Crippen LogP contribution in [0.2, 0.25) is 0 Å². The van der Waals surface area contributed by atoms with E-state index in [1.165, 1.54) is 30.6 Å². The van der Waals surface area contributed by atoms with Crippen LogP contribution in [0.3, 0.4) is 0 Å². The van der Waals surface area contributed by atoms with Gasteiger partial charge < -0.3 is 10.1 Å². The average Bonchev–Trinajstić information content (AvgIpc) is 3.16. The predicted molar refractivity (Wildman–Crippen MR) is 98.4 cm³/mol. The molecule has 2 heterocycles. The van der Waals surface area contributed by atoms with Gasteiger partial charge in [0.25, 0.3) is 5.91 Å². The highest BCUT2D eigenvalue weighted by atomic mass is 19.1. The number of nitrogens with zero attached hydrogens (tertiary/aromatic N) is 3. The third-order valence-corrected chi connectivity index (χ3v) is 4.26. The summed E-state index contributed by atoms with van der Waals surface area (Å²) in [6.07, 6.45) is 1.55. The standard InChI is InChI=1S/C19H16FN5O3/c20-12-5-7-13(8-6-12)23-18(27)10-28-16-4-2-1-3-14(16)15-9-17(26)24-19-21-11-22-25(15)19/h1-8,11,15H,9-10H2,(H,23,27)(H,21,22,24,26)/t15-/m1/s1. The van der Waals surface area contributed by atoms with Crippen molar-refractivity contribution in [1.29, 1.82) is 0 Å². The van der Waals surface area contributed by atoms with E-state index in [1.807, 2.05) is 12.1 Å². The van der Waals surface area contributed by atoms with E-state index in [-0.39, 0.29) is 36.7 Å². The summed E-state index contributed by atoms with van der Waals surface area (Å²) < 4.78 is 20.3. The van der Waals surface area contributed by atoms with E-state index in [0.717, 1.165) is 5.56 Å². The number of rotatable bonds is 5. The van der Waals surface area contributed by atoms with Crippen molar-refractivity contribution in [3.63, 3.8) is 0 Å². The van der Waals surface area contributed by atoms with Gasteiger partial charge in [-0.25, -0.2) is 9.07 Å². The lowest BCUT2D eigenvalue weighted by atomic mass is 10.0. The Bertz CT molecular complexity index is 1020. The number of ether oxygens (including phenoxy) is 1. The van der Waals surface area contributed by atoms with Gasteiger partial charge in [0, 0.05) is 11.3 Å². The molecule has 0 radical (unpaired) electrons. The molecule has 0 saturated carbocycles. The number of nitrogens with one attached hydrogen (secondary N) is 2. The summed E-state index contributed by atoms with van der Waals surface area (Å²) >= 11 is 0. The Morgan fingerprint density at radius 3 is 2.86 bits per heavy atom. The molecule has 9 heteroatoms. The summed E-state index contributed by atoms with van der Waals surface area (Å²) in [5, 5.41) is 9.47. The first-order chi connectivity index (χ1) is 13.6. The van der Waals surface area contributed by atoms with Gasteiger partial charge in [-0.1, -0.05) is 18.2 Å². The minimum absolute atomic E-state index is 0.172. The fourth-order valence-electron chi connectivity index (χ4n) is 3.01. The summed E-state index contributed by atoms with van der Waals surface area (Å²) in [5.74, 6) is -0.103. The van der Waals surface area contributed by atoms with Crippen molar-refractivity contribution in [2.45, 2.75) is 12.5 Å². The minimum Gasteiger partial charge on any atom is -0.483 e. The second-order valence-corrected chi connectivity index (χ2v) is 6.18. The Kier molecular flexibility index (Phi) is 4.71. The fourth-order valence-corrected chi connectivity index (χ4v) is 3.01. The van der Waals surface area contributed by atoms with Crippen molar-refractivity contribution in [2.75, 3.05) is 17.2 Å². The first kappa shape index (κ1) is 17.7. The Hall–Kier alpha value is -3.75. The molecule has 8 nitrogen and oxygen atoms in total. The first-order valence-corrected chi connectivity index (χ1v) is 8.56. The normalized spacial score (nSPS) is 15.5. The van der Waals surface area contributed by atoms with E-state index in [2.05, 4.69) is 20.7 Å². The Balaban J connectivity index is 1.49. The molecule has 0 unspecified atom stereocenters. The number of halogens is 1. The van der Waals surface area contributed by atoms with Gasteiger partial charge in [-0.05, 0) is 30.3 Å². The van der Waals surface area contributed by atoms with Crippen LogP contribution < -0.4 is 15.4 Å². The molecule has 2 N–H and O–H groups in total. The van der Waals surface area contributed by atoms with Gasteiger partial charge in [0.15, 0.2) is 6.61 Å². The predicted octanol–water partition coefficient (Wildman–Crippen LogP) is 2.37. The zero-order valence-corrected chi connectivity index (χ0v) is 14.6. The fraction of sp³-hybridized carbons (Fsp3) is 0.158. The maximum atomic E-state index is 12.9. The van der Waals surface area contributed by atoms with Crippen LogP contribution in [0.5, 0.6) is 5.75 Å². The van der Waals surface area contributed by atoms with E-state index in [4.69, 9.17) is 4.74 Å². The summed E-state index contributed by atoms with van der Waals surface area (Å²) in [6, 6.07) is 12.2. The molecule has 0 aliphatic carbocycles. The number of para-hydroxylation sites is 1. The SMILES string of the molecule is O=C(COc1ccccc1[C@H]1CC(=O)Nc2ncnn21)Nc1ccc(F)cc1. The molecule has 3 aromatic rings. The van der Waals surface area contributed by atoms with Crippen LogP contribution >= 0.6 is 0 Å². The van der Waals surface area contributed by atoms with Crippen molar-refractivity contribution in [3.05, 3.63) is 66.2 Å². The molecule has 0 fully saturated rings. The van der Waals surface area contributed by atoms with E-state index in [1.54, 1.807) is 16.8 Å². The van der Waals surface area contributed by atoms with Crippen molar-refractivity contribution >= 4 is 23.5 Å². The number of amides is 2. The number of anilines is 2. The molecular formula is C19H16FN5O3. The second kappa shape index (κ2) is 7.47. The van der Waals surface area contributed by atoms with Gasteiger partial charge in [-0.3, -0.25) is 14.9 Å². The lowest BCUT2D eigenvalue weighted by molar-refractivity contribution is -0.118. The molecule has 0 spiro atoms. The van der Waals surface area contributed by atoms with Crippen LogP contribution in [0, 0.1) is 5.82 Å². The molecule has 1 aliphatic rings. The average molecular weight is 381 g/mol. The number of aromatic nitrogens is 3. The maximum absolute atomic E-state index is 12.9. The number of hydrogen-bond acceptors (Lipinski definition) is 5. The summed E-state index contributed by atoms with van der Waals surface area (Å²) in [7, 11) is 0. The van der Waals surface area contributed by atoms with Crippen molar-refractivity contribution in [2.24, 2.45) is 0 Å². The van der Waals surface area contributed by atoms with Crippen LogP contribution in [-0.4, -0.2) is 33.2 Å². The van der Waals surface area contributed by atoms with Gasteiger partial charge in [0.1, 0.15) is 17.9 Å². The second-order valence-electron chi connectivity index (χ2n) is 6.18. The highest BCUT2D eigenvalue weighted by molar-refractivity contribution is 5.92. The quantitative estimate of drug-likeness (QED) is 0.707. The van der Waals surface area contributed by atoms with Gasteiger partial charge in [0.05, 0.1) is 12.5 Å². The van der Waals surface area contributed by atoms with Crippen LogP contribution in [0.25, 0.3) is 0 Å². The zero-order chi connectivity index (χ0) is 19.5. The molecule has 0 bridgehead atoms. The number of carbonyl (C=O) groups is 2. The van der Waals surface area contributed by atoms with E-state index >= 15 is 0 Å². The maximum Gasteiger partial charge on any atom is 0.262 e. The van der Waals surface area contributed by atoms with Gasteiger partial charge in [-0.2, -0.15) is 10.1 Å². The molecular weight excluding hydrogens is 365 g/mol. The van der Waals surface area contributed by atoms with E-state index in [9.17, 15) is 14.0 Å². The Labute approximate surface area is 159 Å². The molecule has 4 rings (SSSR count). The Morgan fingerprint density at radius 2 is 2.04 bits per heavy atom. The number of carbonyl (C=O) groups excluding carboxylic acids is 2. The van der Waals surface area contributed by atoms with Crippen LogP contribution in [-0.2, 0) is 9.59 Å². The molecule has 1 aromatic heterocycles. The molecule has 142 valence electrons. The van der Waals surface area contributed by atoms with E-state index < -0.39 is 0 Å². The van der Waals surface area contributed by atoms with Crippen LogP contribution in [0.1, 0.15) is 18.0 Å². The number of hydrogen-bond donors (Lipinski definition) is 2. The number of benzene rings is 2. The van der Waals surface area contributed by atoms with E-state index in [0.29, 0.717) is 17.4 Å². The topological polar surface area (TPSA) is 98.1 Å². The summed E-state index contributed by atoms with van der Waals surface area (Å²) in [5.41, 5.74) is 1.19. The molecule has 0 saturated heterocycles. The summed E-state index contributed by atoms with van der Waals surface area (Å²) in [4.78, 5) is 28.2. The molecule has 28 heavy (non-hydrogen) atoms. The highest BCUT2D eigenvalue weighted by Crippen LogP contribution is 2.34. The van der Waals surface area contributed by atoms with Crippen molar-refractivity contribution in [3.8, 4) is 5.75 Å². The monoisotopic (exact) mass is 381 g/mol. The third-order valence-electron chi connectivity index (χ3n) is 4.26. The highest BCUT2D eigenvalue weighted by Gasteiger charge is 2.29. The lowest BCUT2D eigenvalue weighted by Gasteiger charge is -2.25. The van der Waals surface area contributed by atoms with Crippen molar-refractivity contribution in [1.82, 2.24) is 14.8 Å². The minimum atomic E-state index is -0.386. The smallest absolute Gasteiger partial charge is 0.262 e. The largest absolute Gasteiger partial charge is 0.483 e. The van der Waals surface area contributed by atoms with Crippen LogP contribution in [0.4, 0.5) is 16.0 Å². The van der Waals surface area contributed by atoms with Crippen LogP contribution in [0.15, 0.2) is 54.9 Å².